The van der Waals surface area contributed by atoms with E-state index in [1.165, 1.54) is 22.7 Å². The van der Waals surface area contributed by atoms with Crippen LogP contribution >= 0.6 is 0 Å². The highest BCUT2D eigenvalue weighted by Gasteiger charge is 2.41. The molecule has 226 valence electrons. The number of sulfonamides is 1. The number of aromatic carboxylic acids is 1. The number of halogens is 3. The molecule has 1 saturated heterocycles. The molecule has 1 N–H and O–H groups in total. The van der Waals surface area contributed by atoms with E-state index in [-0.39, 0.29) is 18.3 Å². The van der Waals surface area contributed by atoms with Crippen molar-refractivity contribution in [2.75, 3.05) is 19.3 Å². The molecule has 43 heavy (non-hydrogen) atoms. The van der Waals surface area contributed by atoms with Crippen molar-refractivity contribution in [3.8, 4) is 22.8 Å². The summed E-state index contributed by atoms with van der Waals surface area (Å²) in [4.78, 5) is 15.8. The number of hydrogen-bond donors (Lipinski definition) is 1. The van der Waals surface area contributed by atoms with E-state index in [1.54, 1.807) is 18.2 Å². The molecule has 2 aromatic carbocycles. The largest absolute Gasteiger partial charge is 0.488 e. The number of nitrogens with zero attached hydrogens (tertiary/aromatic N) is 4. The SMILES string of the molecule is Cc1cccc(-c2cccc(-n3ncc(C(=O)O)c3C(F)(F)F)n2)c1OCc1ccc(C2CCN(S(C)(=O)=O)CC2)cc1. The average Bonchev–Trinajstić information content (AvgIpc) is 3.43. The van der Waals surface area contributed by atoms with Crippen molar-refractivity contribution < 1.29 is 36.2 Å². The lowest BCUT2D eigenvalue weighted by molar-refractivity contribution is -0.143. The number of hydrogen-bond acceptors (Lipinski definition) is 6. The number of para-hydroxylation sites is 1. The monoisotopic (exact) mass is 614 g/mol. The molecule has 0 atom stereocenters. The van der Waals surface area contributed by atoms with Gasteiger partial charge in [-0.05, 0) is 60.6 Å². The highest BCUT2D eigenvalue weighted by Crippen LogP contribution is 2.36. The summed E-state index contributed by atoms with van der Waals surface area (Å²) in [6.45, 7) is 3.07. The fourth-order valence-corrected chi connectivity index (χ4v) is 6.12. The Hall–Kier alpha value is -4.23. The molecule has 3 heterocycles. The second-order valence-electron chi connectivity index (χ2n) is 10.4. The number of aryl methyl sites for hydroxylation is 1. The van der Waals surface area contributed by atoms with Crippen LogP contribution in [0.5, 0.6) is 5.75 Å². The summed E-state index contributed by atoms with van der Waals surface area (Å²) in [6.07, 6.45) is -1.58. The molecule has 0 aliphatic carbocycles. The first-order chi connectivity index (χ1) is 20.3. The van der Waals surface area contributed by atoms with E-state index in [9.17, 15) is 31.5 Å². The smallest absolute Gasteiger partial charge is 0.434 e. The van der Waals surface area contributed by atoms with Crippen molar-refractivity contribution >= 4 is 16.0 Å². The van der Waals surface area contributed by atoms with Crippen LogP contribution in [-0.2, 0) is 22.8 Å². The van der Waals surface area contributed by atoms with Crippen molar-refractivity contribution in [2.45, 2.75) is 38.5 Å². The molecule has 5 rings (SSSR count). The van der Waals surface area contributed by atoms with E-state index >= 15 is 0 Å². The Labute approximate surface area is 246 Å². The predicted molar refractivity (Wildman–Crippen MR) is 153 cm³/mol. The third kappa shape index (κ3) is 6.57. The number of alkyl halides is 3. The molecule has 0 bridgehead atoms. The van der Waals surface area contributed by atoms with Crippen LogP contribution in [-0.4, -0.2) is 57.9 Å². The van der Waals surface area contributed by atoms with Crippen LogP contribution in [0.25, 0.3) is 17.1 Å². The Balaban J connectivity index is 1.36. The van der Waals surface area contributed by atoms with Crippen LogP contribution in [0.1, 0.15) is 51.5 Å². The van der Waals surface area contributed by atoms with Crippen molar-refractivity contribution in [3.05, 3.63) is 94.8 Å². The number of aromatic nitrogens is 3. The molecule has 0 unspecified atom stereocenters. The van der Waals surface area contributed by atoms with E-state index in [2.05, 4.69) is 10.1 Å². The zero-order chi connectivity index (χ0) is 30.9. The van der Waals surface area contributed by atoms with Gasteiger partial charge in [0.15, 0.2) is 11.5 Å². The number of piperidine rings is 1. The number of pyridine rings is 1. The number of benzene rings is 2. The molecule has 4 aromatic rings. The predicted octanol–water partition coefficient (Wildman–Crippen LogP) is 5.68. The van der Waals surface area contributed by atoms with Crippen LogP contribution in [0.4, 0.5) is 13.2 Å². The maximum Gasteiger partial charge on any atom is 0.434 e. The fourth-order valence-electron chi connectivity index (χ4n) is 5.25. The van der Waals surface area contributed by atoms with Gasteiger partial charge in [0, 0.05) is 18.7 Å². The van der Waals surface area contributed by atoms with E-state index in [0.717, 1.165) is 29.5 Å². The summed E-state index contributed by atoms with van der Waals surface area (Å²) < 4.78 is 73.2. The van der Waals surface area contributed by atoms with Crippen molar-refractivity contribution in [3.63, 3.8) is 0 Å². The van der Waals surface area contributed by atoms with Gasteiger partial charge in [0.25, 0.3) is 0 Å². The summed E-state index contributed by atoms with van der Waals surface area (Å²) in [7, 11) is -3.18. The van der Waals surface area contributed by atoms with Gasteiger partial charge in [-0.2, -0.15) is 18.3 Å². The molecular weight excluding hydrogens is 585 g/mol. The molecule has 1 fully saturated rings. The van der Waals surface area contributed by atoms with E-state index in [4.69, 9.17) is 4.74 Å². The van der Waals surface area contributed by atoms with Gasteiger partial charge in [-0.1, -0.05) is 42.5 Å². The topological polar surface area (TPSA) is 115 Å². The van der Waals surface area contributed by atoms with Gasteiger partial charge in [-0.15, -0.1) is 0 Å². The Bertz CT molecular complexity index is 1750. The summed E-state index contributed by atoms with van der Waals surface area (Å²) in [6, 6.07) is 17.8. The normalized spacial score (nSPS) is 15.0. The molecule has 1 aliphatic heterocycles. The Kier molecular flexibility index (Phi) is 8.30. The van der Waals surface area contributed by atoms with E-state index < -0.39 is 33.4 Å². The van der Waals surface area contributed by atoms with Gasteiger partial charge in [0.05, 0.1) is 18.1 Å². The molecule has 13 heteroatoms. The Morgan fingerprint density at radius 1 is 1.05 bits per heavy atom. The maximum absolute atomic E-state index is 13.8. The van der Waals surface area contributed by atoms with Crippen LogP contribution in [0, 0.1) is 6.92 Å². The summed E-state index contributed by atoms with van der Waals surface area (Å²) in [5, 5.41) is 12.9. The maximum atomic E-state index is 13.8. The van der Waals surface area contributed by atoms with Gasteiger partial charge in [-0.3, -0.25) is 0 Å². The lowest BCUT2D eigenvalue weighted by atomic mass is 9.90. The number of rotatable bonds is 8. The standard InChI is InChI=1S/C30H29F3N4O5S/c1-19-5-3-6-23(25-7-4-8-26(35-25)37-28(30(31,32)33)24(17-34-37)29(38)39)27(19)42-18-20-9-11-21(12-10-20)22-13-15-36(16-14-22)43(2,40)41/h3-12,17,22H,13-16,18H2,1-2H3,(H,38,39). The number of carboxylic acid groups (broad SMARTS) is 1. The minimum Gasteiger partial charge on any atom is -0.488 e. The van der Waals surface area contributed by atoms with E-state index in [1.807, 2.05) is 37.3 Å². The highest BCUT2D eigenvalue weighted by molar-refractivity contribution is 7.88. The summed E-state index contributed by atoms with van der Waals surface area (Å²) >= 11 is 0. The van der Waals surface area contributed by atoms with E-state index in [0.29, 0.717) is 41.0 Å². The third-order valence-corrected chi connectivity index (χ3v) is 8.77. The Morgan fingerprint density at radius 2 is 1.72 bits per heavy atom. The molecule has 0 saturated carbocycles. The molecule has 0 spiro atoms. The van der Waals surface area contributed by atoms with Gasteiger partial charge in [-0.25, -0.2) is 27.2 Å². The molecule has 9 nitrogen and oxygen atoms in total. The lowest BCUT2D eigenvalue weighted by Gasteiger charge is -2.30. The average molecular weight is 615 g/mol. The first kappa shape index (κ1) is 30.2. The first-order valence-electron chi connectivity index (χ1n) is 13.5. The molecule has 2 aromatic heterocycles. The van der Waals surface area contributed by atoms with Gasteiger partial charge in [0.2, 0.25) is 10.0 Å². The highest BCUT2D eigenvalue weighted by atomic mass is 32.2. The summed E-state index contributed by atoms with van der Waals surface area (Å²) in [5.41, 5.74) is 1.32. The van der Waals surface area contributed by atoms with Gasteiger partial charge < -0.3 is 9.84 Å². The van der Waals surface area contributed by atoms with Crippen molar-refractivity contribution in [1.82, 2.24) is 19.1 Å². The Morgan fingerprint density at radius 3 is 2.35 bits per heavy atom. The lowest BCUT2D eigenvalue weighted by Crippen LogP contribution is -2.37. The number of carbonyl (C=O) groups is 1. The molecule has 1 aliphatic rings. The minimum atomic E-state index is -4.97. The minimum absolute atomic E-state index is 0.192. The number of carboxylic acids is 1. The molecule has 0 amide bonds. The molecular formula is C30H29F3N4O5S. The fraction of sp³-hybridized carbons (Fsp3) is 0.300. The quantitative estimate of drug-likeness (QED) is 0.272. The summed E-state index contributed by atoms with van der Waals surface area (Å²) in [5.74, 6) is -1.15. The van der Waals surface area contributed by atoms with Crippen LogP contribution in [0.15, 0.2) is 66.9 Å². The molecule has 0 radical (unpaired) electrons. The van der Waals surface area contributed by atoms with Gasteiger partial charge in [0.1, 0.15) is 17.9 Å². The zero-order valence-corrected chi connectivity index (χ0v) is 24.2. The van der Waals surface area contributed by atoms with Crippen LogP contribution < -0.4 is 4.74 Å². The first-order valence-corrected chi connectivity index (χ1v) is 15.3. The third-order valence-electron chi connectivity index (χ3n) is 7.46. The van der Waals surface area contributed by atoms with Crippen molar-refractivity contribution in [2.24, 2.45) is 0 Å². The zero-order valence-electron chi connectivity index (χ0n) is 23.4. The van der Waals surface area contributed by atoms with Crippen LogP contribution in [0.3, 0.4) is 0 Å². The van der Waals surface area contributed by atoms with Gasteiger partial charge >= 0.3 is 12.1 Å². The number of ether oxygens (including phenoxy) is 1. The van der Waals surface area contributed by atoms with Crippen LogP contribution in [0.2, 0.25) is 0 Å². The second kappa shape index (κ2) is 11.8. The second-order valence-corrected chi connectivity index (χ2v) is 12.4. The van der Waals surface area contributed by atoms with Crippen molar-refractivity contribution in [1.29, 1.82) is 0 Å².